The first-order valence-corrected chi connectivity index (χ1v) is 9.22. The van der Waals surface area contributed by atoms with Crippen molar-refractivity contribution in [2.24, 2.45) is 0 Å². The minimum absolute atomic E-state index is 0.142. The van der Waals surface area contributed by atoms with Gasteiger partial charge in [-0.25, -0.2) is 14.4 Å². The molecule has 1 fully saturated rings. The Morgan fingerprint density at radius 1 is 1.12 bits per heavy atom. The number of hydrogen-bond donors (Lipinski definition) is 0. The fourth-order valence-electron chi connectivity index (χ4n) is 3.42. The third-order valence-electron chi connectivity index (χ3n) is 4.87. The van der Waals surface area contributed by atoms with Crippen LogP contribution in [0.3, 0.4) is 0 Å². The predicted molar refractivity (Wildman–Crippen MR) is 99.5 cm³/mol. The van der Waals surface area contributed by atoms with Crippen LogP contribution in [0.4, 0.5) is 10.3 Å². The quantitative estimate of drug-likeness (QED) is 0.797. The maximum Gasteiger partial charge on any atom is 0.225 e. The summed E-state index contributed by atoms with van der Waals surface area (Å²) < 4.78 is 13.2. The number of hydrogen-bond acceptors (Lipinski definition) is 4. The van der Waals surface area contributed by atoms with Crippen LogP contribution < -0.4 is 4.90 Å². The number of carbonyl (C=O) groups is 1. The molecule has 1 aliphatic rings. The van der Waals surface area contributed by atoms with Crippen LogP contribution in [-0.4, -0.2) is 47.0 Å². The molecule has 0 aliphatic carbocycles. The van der Waals surface area contributed by atoms with Gasteiger partial charge in [-0.3, -0.25) is 4.79 Å². The van der Waals surface area contributed by atoms with Gasteiger partial charge in [0.15, 0.2) is 0 Å². The van der Waals surface area contributed by atoms with Gasteiger partial charge in [-0.1, -0.05) is 25.5 Å². The van der Waals surface area contributed by atoms with E-state index in [1.54, 1.807) is 30.6 Å². The molecule has 1 aliphatic heterocycles. The van der Waals surface area contributed by atoms with Gasteiger partial charge >= 0.3 is 0 Å². The van der Waals surface area contributed by atoms with Crippen molar-refractivity contribution in [2.45, 2.75) is 32.1 Å². The SMILES string of the molecule is CCCC(CC(=O)N1CCN(c2ncccn2)CC1)c1ccc(F)cc1. The second-order valence-corrected chi connectivity index (χ2v) is 6.66. The van der Waals surface area contributed by atoms with E-state index in [2.05, 4.69) is 21.8 Å². The highest BCUT2D eigenvalue weighted by Gasteiger charge is 2.25. The summed E-state index contributed by atoms with van der Waals surface area (Å²) in [6.45, 7) is 4.95. The molecule has 0 bridgehead atoms. The normalized spacial score (nSPS) is 15.8. The number of carbonyl (C=O) groups excluding carboxylic acids is 1. The van der Waals surface area contributed by atoms with Gasteiger partial charge in [0.25, 0.3) is 0 Å². The standard InChI is InChI=1S/C20H25FN4O/c1-2-4-17(16-5-7-18(21)8-6-16)15-19(26)24-11-13-25(14-12-24)20-22-9-3-10-23-20/h3,5-10,17H,2,4,11-15H2,1H3. The molecule has 1 aromatic carbocycles. The number of nitrogens with zero attached hydrogens (tertiary/aromatic N) is 4. The Morgan fingerprint density at radius 2 is 1.77 bits per heavy atom. The molecule has 138 valence electrons. The van der Waals surface area contributed by atoms with Crippen molar-refractivity contribution in [3.63, 3.8) is 0 Å². The van der Waals surface area contributed by atoms with E-state index in [1.165, 1.54) is 12.1 Å². The van der Waals surface area contributed by atoms with E-state index in [9.17, 15) is 9.18 Å². The van der Waals surface area contributed by atoms with Gasteiger partial charge in [0.1, 0.15) is 5.82 Å². The van der Waals surface area contributed by atoms with Crippen molar-refractivity contribution in [2.75, 3.05) is 31.1 Å². The second kappa shape index (κ2) is 8.74. The highest BCUT2D eigenvalue weighted by Crippen LogP contribution is 2.26. The van der Waals surface area contributed by atoms with Crippen molar-refractivity contribution < 1.29 is 9.18 Å². The minimum atomic E-state index is -0.241. The molecule has 2 aromatic rings. The van der Waals surface area contributed by atoms with Crippen LogP contribution in [-0.2, 0) is 4.79 Å². The molecular weight excluding hydrogens is 331 g/mol. The van der Waals surface area contributed by atoms with Crippen molar-refractivity contribution in [3.8, 4) is 0 Å². The first-order valence-electron chi connectivity index (χ1n) is 9.22. The smallest absolute Gasteiger partial charge is 0.225 e. The third-order valence-corrected chi connectivity index (χ3v) is 4.87. The lowest BCUT2D eigenvalue weighted by atomic mass is 9.91. The topological polar surface area (TPSA) is 49.3 Å². The van der Waals surface area contributed by atoms with Crippen LogP contribution >= 0.6 is 0 Å². The maximum atomic E-state index is 13.2. The van der Waals surface area contributed by atoms with Gasteiger partial charge in [0, 0.05) is 45.0 Å². The predicted octanol–water partition coefficient (Wildman–Crippen LogP) is 3.24. The Morgan fingerprint density at radius 3 is 2.38 bits per heavy atom. The molecule has 26 heavy (non-hydrogen) atoms. The monoisotopic (exact) mass is 356 g/mol. The van der Waals surface area contributed by atoms with E-state index in [0.29, 0.717) is 19.5 Å². The molecule has 1 unspecified atom stereocenters. The zero-order valence-electron chi connectivity index (χ0n) is 15.1. The average molecular weight is 356 g/mol. The molecule has 3 rings (SSSR count). The number of rotatable bonds is 6. The summed E-state index contributed by atoms with van der Waals surface area (Å²) in [6, 6.07) is 8.34. The van der Waals surface area contributed by atoms with Gasteiger partial charge in [0.05, 0.1) is 0 Å². The first kappa shape index (κ1) is 18.3. The fourth-order valence-corrected chi connectivity index (χ4v) is 3.42. The largest absolute Gasteiger partial charge is 0.339 e. The Kier molecular flexibility index (Phi) is 6.15. The number of benzene rings is 1. The van der Waals surface area contributed by atoms with Crippen molar-refractivity contribution in [1.29, 1.82) is 0 Å². The maximum absolute atomic E-state index is 13.2. The molecule has 2 heterocycles. The Labute approximate surface area is 153 Å². The van der Waals surface area contributed by atoms with Crippen LogP contribution in [0.2, 0.25) is 0 Å². The van der Waals surface area contributed by atoms with Crippen LogP contribution in [0.25, 0.3) is 0 Å². The number of amides is 1. The molecule has 5 nitrogen and oxygen atoms in total. The van der Waals surface area contributed by atoms with Crippen molar-refractivity contribution >= 4 is 11.9 Å². The van der Waals surface area contributed by atoms with E-state index in [0.717, 1.165) is 37.4 Å². The average Bonchev–Trinajstić information content (AvgIpc) is 2.69. The highest BCUT2D eigenvalue weighted by molar-refractivity contribution is 5.77. The van der Waals surface area contributed by atoms with Gasteiger partial charge in [0.2, 0.25) is 11.9 Å². The number of piperazine rings is 1. The number of aromatic nitrogens is 2. The Bertz CT molecular complexity index is 700. The molecule has 0 N–H and O–H groups in total. The lowest BCUT2D eigenvalue weighted by Crippen LogP contribution is -2.49. The van der Waals surface area contributed by atoms with Gasteiger partial charge < -0.3 is 9.80 Å². The summed E-state index contributed by atoms with van der Waals surface area (Å²) in [6.07, 6.45) is 5.86. The summed E-state index contributed by atoms with van der Waals surface area (Å²) in [4.78, 5) is 25.3. The lowest BCUT2D eigenvalue weighted by molar-refractivity contribution is -0.132. The molecule has 1 aromatic heterocycles. The van der Waals surface area contributed by atoms with E-state index in [4.69, 9.17) is 0 Å². The highest BCUT2D eigenvalue weighted by atomic mass is 19.1. The van der Waals surface area contributed by atoms with Crippen LogP contribution in [0, 0.1) is 5.82 Å². The van der Waals surface area contributed by atoms with E-state index in [-0.39, 0.29) is 17.6 Å². The zero-order valence-corrected chi connectivity index (χ0v) is 15.1. The summed E-state index contributed by atoms with van der Waals surface area (Å²) in [5.74, 6) is 0.786. The molecule has 0 spiro atoms. The molecule has 1 saturated heterocycles. The van der Waals surface area contributed by atoms with Gasteiger partial charge in [-0.15, -0.1) is 0 Å². The lowest BCUT2D eigenvalue weighted by Gasteiger charge is -2.35. The van der Waals surface area contributed by atoms with Crippen LogP contribution in [0.5, 0.6) is 0 Å². The minimum Gasteiger partial charge on any atom is -0.339 e. The summed E-state index contributed by atoms with van der Waals surface area (Å²) in [5.41, 5.74) is 1.04. The number of anilines is 1. The molecule has 1 amide bonds. The first-order chi connectivity index (χ1) is 12.7. The third kappa shape index (κ3) is 4.56. The zero-order chi connectivity index (χ0) is 18.4. The molecule has 1 atom stereocenters. The molecule has 0 radical (unpaired) electrons. The number of halogens is 1. The van der Waals surface area contributed by atoms with E-state index in [1.807, 2.05) is 4.90 Å². The van der Waals surface area contributed by atoms with Gasteiger partial charge in [-0.05, 0) is 36.1 Å². The molecule has 0 saturated carbocycles. The summed E-state index contributed by atoms with van der Waals surface area (Å²) in [5, 5.41) is 0. The van der Waals surface area contributed by atoms with E-state index >= 15 is 0 Å². The summed E-state index contributed by atoms with van der Waals surface area (Å²) in [7, 11) is 0. The van der Waals surface area contributed by atoms with E-state index < -0.39 is 0 Å². The van der Waals surface area contributed by atoms with Crippen LogP contribution in [0.15, 0.2) is 42.7 Å². The fraction of sp³-hybridized carbons (Fsp3) is 0.450. The Hall–Kier alpha value is -2.50. The second-order valence-electron chi connectivity index (χ2n) is 6.66. The van der Waals surface area contributed by atoms with Crippen molar-refractivity contribution in [3.05, 3.63) is 54.1 Å². The molecule has 6 heteroatoms. The van der Waals surface area contributed by atoms with Crippen molar-refractivity contribution in [1.82, 2.24) is 14.9 Å². The summed E-state index contributed by atoms with van der Waals surface area (Å²) >= 11 is 0. The van der Waals surface area contributed by atoms with Gasteiger partial charge in [-0.2, -0.15) is 0 Å². The molecular formula is C20H25FN4O. The van der Waals surface area contributed by atoms with Crippen LogP contribution in [0.1, 0.15) is 37.7 Å². The Balaban J connectivity index is 1.57.